The molecule has 1 saturated heterocycles. The molecule has 1 aliphatic heterocycles. The first-order valence-corrected chi connectivity index (χ1v) is 8.43. The Morgan fingerprint density at radius 3 is 2.71 bits per heavy atom. The molecule has 1 aromatic heterocycles. The number of pyridine rings is 1. The molecule has 0 aromatic carbocycles. The number of aromatic nitrogens is 1. The van der Waals surface area contributed by atoms with Crippen LogP contribution in [0.5, 0.6) is 0 Å². The topological polar surface area (TPSA) is 59.1 Å². The fourth-order valence-corrected chi connectivity index (χ4v) is 3.55. The molecular formula is C11H16N2O2S2. The lowest BCUT2D eigenvalue weighted by Gasteiger charge is -2.12. The van der Waals surface area contributed by atoms with E-state index in [-0.39, 0.29) is 5.03 Å². The Labute approximate surface area is 106 Å². The molecule has 1 aromatic rings. The number of nitrogens with one attached hydrogen (secondary N) is 1. The molecule has 2 atom stereocenters. The number of hydrogen-bond acceptors (Lipinski definition) is 5. The van der Waals surface area contributed by atoms with Crippen molar-refractivity contribution in [2.75, 3.05) is 17.3 Å². The van der Waals surface area contributed by atoms with Gasteiger partial charge in [-0.2, -0.15) is 11.8 Å². The molecule has 2 rings (SSSR count). The summed E-state index contributed by atoms with van der Waals surface area (Å²) in [6.45, 7) is 2.22. The molecule has 0 aliphatic carbocycles. The maximum Gasteiger partial charge on any atom is 0.192 e. The van der Waals surface area contributed by atoms with E-state index in [1.807, 2.05) is 11.8 Å². The summed E-state index contributed by atoms with van der Waals surface area (Å²) in [5.41, 5.74) is 0.886. The van der Waals surface area contributed by atoms with Crippen molar-refractivity contribution in [2.24, 2.45) is 0 Å². The highest BCUT2D eigenvalue weighted by molar-refractivity contribution is 8.00. The summed E-state index contributed by atoms with van der Waals surface area (Å²) in [6.07, 6.45) is 3.89. The Morgan fingerprint density at radius 1 is 1.47 bits per heavy atom. The molecular weight excluding hydrogens is 256 g/mol. The molecule has 2 unspecified atom stereocenters. The molecule has 1 aliphatic rings. The standard InChI is InChI=1S/C11H16N2O2S2/c1-8-5-10(7-16-8)13-9-3-4-11(12-6-9)17(2,14)15/h3-4,6,8,10,13H,5,7H2,1-2H3. The van der Waals surface area contributed by atoms with Crippen LogP contribution in [0.2, 0.25) is 0 Å². The summed E-state index contributed by atoms with van der Waals surface area (Å²) in [7, 11) is -3.20. The number of nitrogens with zero attached hydrogens (tertiary/aromatic N) is 1. The summed E-state index contributed by atoms with van der Waals surface area (Å²) in [4.78, 5) is 3.95. The molecule has 1 fully saturated rings. The van der Waals surface area contributed by atoms with Gasteiger partial charge in [0.05, 0.1) is 11.9 Å². The zero-order chi connectivity index (χ0) is 12.5. The molecule has 0 radical (unpaired) electrons. The minimum absolute atomic E-state index is 0.122. The summed E-state index contributed by atoms with van der Waals surface area (Å²) in [6, 6.07) is 3.78. The number of anilines is 1. The Kier molecular flexibility index (Phi) is 3.63. The van der Waals surface area contributed by atoms with Crippen LogP contribution in [0.15, 0.2) is 23.4 Å². The van der Waals surface area contributed by atoms with Gasteiger partial charge in [0.15, 0.2) is 14.9 Å². The van der Waals surface area contributed by atoms with Crippen molar-refractivity contribution < 1.29 is 8.42 Å². The minimum atomic E-state index is -3.20. The quantitative estimate of drug-likeness (QED) is 0.909. The van der Waals surface area contributed by atoms with E-state index in [1.165, 1.54) is 0 Å². The monoisotopic (exact) mass is 272 g/mol. The zero-order valence-corrected chi connectivity index (χ0v) is 11.5. The highest BCUT2D eigenvalue weighted by Gasteiger charge is 2.21. The molecule has 2 heterocycles. The number of rotatable bonds is 3. The lowest BCUT2D eigenvalue weighted by atomic mass is 10.2. The van der Waals surface area contributed by atoms with Gasteiger partial charge in [0, 0.05) is 23.3 Å². The number of hydrogen-bond donors (Lipinski definition) is 1. The third-order valence-electron chi connectivity index (χ3n) is 2.69. The van der Waals surface area contributed by atoms with Gasteiger partial charge in [-0.05, 0) is 18.6 Å². The molecule has 0 spiro atoms. The van der Waals surface area contributed by atoms with Crippen LogP contribution in [0, 0.1) is 0 Å². The fourth-order valence-electron chi connectivity index (χ4n) is 1.84. The van der Waals surface area contributed by atoms with Crippen LogP contribution >= 0.6 is 11.8 Å². The second kappa shape index (κ2) is 4.86. The summed E-state index contributed by atoms with van der Waals surface area (Å²) in [5.74, 6) is 1.09. The first kappa shape index (κ1) is 12.7. The van der Waals surface area contributed by atoms with Crippen LogP contribution in [-0.4, -0.2) is 36.7 Å². The lowest BCUT2D eigenvalue weighted by Crippen LogP contribution is -2.19. The van der Waals surface area contributed by atoms with E-state index in [9.17, 15) is 8.42 Å². The predicted octanol–water partition coefficient (Wildman–Crippen LogP) is 1.79. The molecule has 94 valence electrons. The maximum atomic E-state index is 11.2. The SMILES string of the molecule is CC1CC(Nc2ccc(S(C)(=O)=O)nc2)CS1. The van der Waals surface area contributed by atoms with Gasteiger partial charge >= 0.3 is 0 Å². The number of sulfone groups is 1. The molecule has 4 nitrogen and oxygen atoms in total. The lowest BCUT2D eigenvalue weighted by molar-refractivity contribution is 0.598. The number of thioether (sulfide) groups is 1. The van der Waals surface area contributed by atoms with Gasteiger partial charge in [0.25, 0.3) is 0 Å². The summed E-state index contributed by atoms with van der Waals surface area (Å²) in [5, 5.41) is 4.18. The van der Waals surface area contributed by atoms with Crippen molar-refractivity contribution >= 4 is 27.3 Å². The van der Waals surface area contributed by atoms with Crippen molar-refractivity contribution in [2.45, 2.75) is 29.7 Å². The van der Waals surface area contributed by atoms with Gasteiger partial charge in [-0.15, -0.1) is 0 Å². The van der Waals surface area contributed by atoms with E-state index in [1.54, 1.807) is 18.3 Å². The van der Waals surface area contributed by atoms with Gasteiger partial charge in [-0.3, -0.25) is 0 Å². The van der Waals surface area contributed by atoms with E-state index in [0.717, 1.165) is 24.1 Å². The molecule has 0 saturated carbocycles. The van der Waals surface area contributed by atoms with E-state index < -0.39 is 9.84 Å². The van der Waals surface area contributed by atoms with Crippen LogP contribution in [0.3, 0.4) is 0 Å². The molecule has 0 amide bonds. The molecule has 6 heteroatoms. The molecule has 17 heavy (non-hydrogen) atoms. The Morgan fingerprint density at radius 2 is 2.24 bits per heavy atom. The van der Waals surface area contributed by atoms with Crippen molar-refractivity contribution in [3.05, 3.63) is 18.3 Å². The normalized spacial score (nSPS) is 24.8. The zero-order valence-electron chi connectivity index (χ0n) is 9.88. The van der Waals surface area contributed by atoms with Crippen molar-refractivity contribution in [1.29, 1.82) is 0 Å². The smallest absolute Gasteiger partial charge is 0.192 e. The Hall–Kier alpha value is -0.750. The third kappa shape index (κ3) is 3.35. The second-order valence-electron chi connectivity index (χ2n) is 4.38. The predicted molar refractivity (Wildman–Crippen MR) is 71.3 cm³/mol. The summed E-state index contributed by atoms with van der Waals surface area (Å²) < 4.78 is 22.5. The van der Waals surface area contributed by atoms with Crippen LogP contribution in [-0.2, 0) is 9.84 Å². The minimum Gasteiger partial charge on any atom is -0.380 e. The van der Waals surface area contributed by atoms with Crippen molar-refractivity contribution in [3.63, 3.8) is 0 Å². The van der Waals surface area contributed by atoms with Crippen LogP contribution in [0.4, 0.5) is 5.69 Å². The highest BCUT2D eigenvalue weighted by atomic mass is 32.2. The van der Waals surface area contributed by atoms with E-state index in [4.69, 9.17) is 0 Å². The molecule has 1 N–H and O–H groups in total. The van der Waals surface area contributed by atoms with Gasteiger partial charge in [0.2, 0.25) is 0 Å². The van der Waals surface area contributed by atoms with Crippen molar-refractivity contribution in [3.8, 4) is 0 Å². The van der Waals surface area contributed by atoms with Crippen molar-refractivity contribution in [1.82, 2.24) is 4.98 Å². The average molecular weight is 272 g/mol. The van der Waals surface area contributed by atoms with Gasteiger partial charge in [-0.25, -0.2) is 13.4 Å². The molecule has 0 bridgehead atoms. The average Bonchev–Trinajstić information content (AvgIpc) is 2.63. The van der Waals surface area contributed by atoms with Gasteiger partial charge in [0.1, 0.15) is 0 Å². The third-order valence-corrected chi connectivity index (χ3v) is 5.04. The van der Waals surface area contributed by atoms with Crippen LogP contribution in [0.25, 0.3) is 0 Å². The first-order chi connectivity index (χ1) is 7.95. The van der Waals surface area contributed by atoms with E-state index >= 15 is 0 Å². The van der Waals surface area contributed by atoms with E-state index in [2.05, 4.69) is 17.2 Å². The Bertz CT molecular complexity index is 485. The first-order valence-electron chi connectivity index (χ1n) is 5.49. The highest BCUT2D eigenvalue weighted by Crippen LogP contribution is 2.28. The maximum absolute atomic E-state index is 11.2. The largest absolute Gasteiger partial charge is 0.380 e. The van der Waals surface area contributed by atoms with Crippen LogP contribution < -0.4 is 5.32 Å². The second-order valence-corrected chi connectivity index (χ2v) is 7.81. The fraction of sp³-hybridized carbons (Fsp3) is 0.545. The van der Waals surface area contributed by atoms with Crippen LogP contribution in [0.1, 0.15) is 13.3 Å². The van der Waals surface area contributed by atoms with Gasteiger partial charge in [-0.1, -0.05) is 6.92 Å². The van der Waals surface area contributed by atoms with Gasteiger partial charge < -0.3 is 5.32 Å². The van der Waals surface area contributed by atoms with E-state index in [0.29, 0.717) is 11.3 Å². The Balaban J connectivity index is 2.04. The summed E-state index contributed by atoms with van der Waals surface area (Å²) >= 11 is 1.95.